The number of benzene rings is 1. The normalized spacial score (nSPS) is 11.2. The van der Waals surface area contributed by atoms with E-state index in [1.165, 1.54) is 6.20 Å². The number of hydrogen-bond acceptors (Lipinski definition) is 3. The number of nitrogens with zero attached hydrogens (tertiary/aromatic N) is 2. The summed E-state index contributed by atoms with van der Waals surface area (Å²) >= 11 is 5.34. The minimum atomic E-state index is -0.375. The smallest absolute Gasteiger partial charge is 0.238 e. The fourth-order valence-corrected chi connectivity index (χ4v) is 1.50. The molecule has 2 rings (SSSR count). The minimum absolute atomic E-state index is 0.157. The van der Waals surface area contributed by atoms with E-state index in [-0.39, 0.29) is 17.4 Å². The first-order chi connectivity index (χ1) is 8.74. The van der Waals surface area contributed by atoms with Crippen LogP contribution in [0.1, 0.15) is 5.82 Å². The summed E-state index contributed by atoms with van der Waals surface area (Å²) in [7, 11) is 0. The first-order valence-corrected chi connectivity index (χ1v) is 5.68. The Hall–Kier alpha value is -2.32. The molecule has 0 aliphatic heterocycles. The van der Waals surface area contributed by atoms with Gasteiger partial charge in [-0.2, -0.15) is 5.26 Å². The molecule has 0 radical (unpaired) electrons. The van der Waals surface area contributed by atoms with Crippen molar-refractivity contribution in [2.24, 2.45) is 0 Å². The Balaban J connectivity index is 2.33. The van der Waals surface area contributed by atoms with Crippen molar-refractivity contribution in [3.05, 3.63) is 36.3 Å². The number of para-hydroxylation sites is 2. The van der Waals surface area contributed by atoms with E-state index in [1.54, 1.807) is 0 Å². The first kappa shape index (κ1) is 12.1. The van der Waals surface area contributed by atoms with Crippen LogP contribution in [-0.4, -0.2) is 21.8 Å². The van der Waals surface area contributed by atoms with Crippen LogP contribution in [0.5, 0.6) is 0 Å². The van der Waals surface area contributed by atoms with Crippen molar-refractivity contribution >= 4 is 34.1 Å². The van der Waals surface area contributed by atoms with Gasteiger partial charge in [0.15, 0.2) is 5.82 Å². The van der Waals surface area contributed by atoms with Crippen LogP contribution in [0, 0.1) is 11.3 Å². The summed E-state index contributed by atoms with van der Waals surface area (Å²) in [5, 5.41) is 11.4. The third-order valence-corrected chi connectivity index (χ3v) is 2.51. The predicted molar refractivity (Wildman–Crippen MR) is 68.5 cm³/mol. The summed E-state index contributed by atoms with van der Waals surface area (Å²) < 4.78 is 0. The van der Waals surface area contributed by atoms with Gasteiger partial charge in [0.05, 0.1) is 11.0 Å². The zero-order chi connectivity index (χ0) is 13.0. The summed E-state index contributed by atoms with van der Waals surface area (Å²) in [6, 6.07) is 9.39. The third kappa shape index (κ3) is 2.50. The molecule has 5 nitrogen and oxygen atoms in total. The van der Waals surface area contributed by atoms with E-state index in [2.05, 4.69) is 15.3 Å². The van der Waals surface area contributed by atoms with E-state index in [1.807, 2.05) is 30.3 Å². The van der Waals surface area contributed by atoms with E-state index >= 15 is 0 Å². The Bertz CT molecular complexity index is 620. The monoisotopic (exact) mass is 260 g/mol. The molecule has 1 amide bonds. The van der Waals surface area contributed by atoms with Gasteiger partial charge in [-0.15, -0.1) is 11.6 Å². The highest BCUT2D eigenvalue weighted by atomic mass is 35.5. The molecule has 1 heterocycles. The molecule has 90 valence electrons. The maximum Gasteiger partial charge on any atom is 0.238 e. The number of alkyl halides is 1. The van der Waals surface area contributed by atoms with Crippen molar-refractivity contribution in [2.45, 2.75) is 0 Å². The lowest BCUT2D eigenvalue weighted by Gasteiger charge is -1.95. The van der Waals surface area contributed by atoms with Crippen LogP contribution in [0.3, 0.4) is 0 Å². The molecule has 0 fully saturated rings. The van der Waals surface area contributed by atoms with Gasteiger partial charge < -0.3 is 10.3 Å². The molecule has 0 atom stereocenters. The number of allylic oxidation sites excluding steroid dienone is 1. The van der Waals surface area contributed by atoms with Crippen LogP contribution in [0.2, 0.25) is 0 Å². The molecule has 0 bridgehead atoms. The number of aromatic amines is 1. The van der Waals surface area contributed by atoms with Crippen LogP contribution in [0.25, 0.3) is 16.6 Å². The molecule has 2 N–H and O–H groups in total. The summed E-state index contributed by atoms with van der Waals surface area (Å²) in [5.41, 5.74) is 1.83. The van der Waals surface area contributed by atoms with E-state index in [0.717, 1.165) is 11.0 Å². The molecule has 0 saturated heterocycles. The number of hydrogen-bond donors (Lipinski definition) is 2. The average Bonchev–Trinajstić information content (AvgIpc) is 2.82. The third-order valence-electron chi connectivity index (χ3n) is 2.26. The lowest BCUT2D eigenvalue weighted by atomic mass is 10.3. The van der Waals surface area contributed by atoms with Crippen LogP contribution in [0.4, 0.5) is 0 Å². The van der Waals surface area contributed by atoms with Crippen molar-refractivity contribution in [2.75, 3.05) is 5.88 Å². The van der Waals surface area contributed by atoms with Gasteiger partial charge in [-0.25, -0.2) is 4.98 Å². The second kappa shape index (κ2) is 5.34. The van der Waals surface area contributed by atoms with E-state index in [9.17, 15) is 4.79 Å². The number of carbonyl (C=O) groups is 1. The molecule has 6 heteroatoms. The Morgan fingerprint density at radius 1 is 1.56 bits per heavy atom. The molecular weight excluding hydrogens is 252 g/mol. The van der Waals surface area contributed by atoms with Gasteiger partial charge in [0.25, 0.3) is 0 Å². The summed E-state index contributed by atoms with van der Waals surface area (Å²) in [6.07, 6.45) is 1.29. The highest BCUT2D eigenvalue weighted by molar-refractivity contribution is 6.27. The van der Waals surface area contributed by atoms with Gasteiger partial charge in [0.1, 0.15) is 17.5 Å². The first-order valence-electron chi connectivity index (χ1n) is 5.15. The number of amides is 1. The lowest BCUT2D eigenvalue weighted by Crippen LogP contribution is -2.18. The number of fused-ring (bicyclic) bond motifs is 1. The van der Waals surface area contributed by atoms with Crippen molar-refractivity contribution in [3.8, 4) is 6.07 Å². The zero-order valence-electron chi connectivity index (χ0n) is 9.27. The van der Waals surface area contributed by atoms with Crippen molar-refractivity contribution < 1.29 is 4.79 Å². The van der Waals surface area contributed by atoms with Gasteiger partial charge in [-0.05, 0) is 12.1 Å². The zero-order valence-corrected chi connectivity index (χ0v) is 10.0. The van der Waals surface area contributed by atoms with Gasteiger partial charge in [0.2, 0.25) is 5.91 Å². The number of nitriles is 1. The van der Waals surface area contributed by atoms with Crippen molar-refractivity contribution in [3.63, 3.8) is 0 Å². The molecule has 0 saturated carbocycles. The quantitative estimate of drug-likeness (QED) is 0.652. The topological polar surface area (TPSA) is 81.6 Å². The standard InChI is InChI=1S/C12H9ClN4O/c13-5-11(18)15-7-8(6-14)12-16-9-3-1-2-4-10(9)17-12/h1-4,7H,5H2,(H,15,18)(H,16,17)/b8-7+. The molecule has 18 heavy (non-hydrogen) atoms. The van der Waals surface area contributed by atoms with Gasteiger partial charge in [0, 0.05) is 6.20 Å². The van der Waals surface area contributed by atoms with E-state index in [0.29, 0.717) is 5.82 Å². The number of H-pyrrole nitrogens is 1. The maximum absolute atomic E-state index is 11.0. The van der Waals surface area contributed by atoms with Crippen LogP contribution in [-0.2, 0) is 4.79 Å². The molecular formula is C12H9ClN4O. The van der Waals surface area contributed by atoms with Gasteiger partial charge in [-0.3, -0.25) is 4.79 Å². The van der Waals surface area contributed by atoms with Gasteiger partial charge in [-0.1, -0.05) is 12.1 Å². The number of nitrogens with one attached hydrogen (secondary N) is 2. The Kier molecular flexibility index (Phi) is 3.60. The van der Waals surface area contributed by atoms with Crippen LogP contribution >= 0.6 is 11.6 Å². The number of aromatic nitrogens is 2. The molecule has 0 unspecified atom stereocenters. The van der Waals surface area contributed by atoms with E-state index < -0.39 is 0 Å². The Labute approximate surface area is 108 Å². The second-order valence-corrected chi connectivity index (χ2v) is 3.74. The highest BCUT2D eigenvalue weighted by Gasteiger charge is 2.07. The Morgan fingerprint density at radius 3 is 3.00 bits per heavy atom. The highest BCUT2D eigenvalue weighted by Crippen LogP contribution is 2.15. The average molecular weight is 261 g/mol. The van der Waals surface area contributed by atoms with Crippen LogP contribution in [0.15, 0.2) is 30.5 Å². The summed E-state index contributed by atoms with van der Waals surface area (Å²) in [6.45, 7) is 0. The Morgan fingerprint density at radius 2 is 2.33 bits per heavy atom. The molecule has 1 aromatic heterocycles. The molecule has 1 aromatic carbocycles. The van der Waals surface area contributed by atoms with Crippen LogP contribution < -0.4 is 5.32 Å². The molecule has 0 aliphatic carbocycles. The number of rotatable bonds is 3. The lowest BCUT2D eigenvalue weighted by molar-refractivity contribution is -0.117. The van der Waals surface area contributed by atoms with E-state index in [4.69, 9.17) is 16.9 Å². The summed E-state index contributed by atoms with van der Waals surface area (Å²) in [4.78, 5) is 18.3. The van der Waals surface area contributed by atoms with Crippen molar-refractivity contribution in [1.82, 2.24) is 15.3 Å². The molecule has 0 spiro atoms. The predicted octanol–water partition coefficient (Wildman–Crippen LogP) is 1.78. The van der Waals surface area contributed by atoms with Gasteiger partial charge >= 0.3 is 0 Å². The fraction of sp³-hybridized carbons (Fsp3) is 0.0833. The number of halogens is 1. The SMILES string of the molecule is N#C/C(=C\NC(=O)CCl)c1nc2ccccc2[nH]1. The number of carbonyl (C=O) groups excluding carboxylic acids is 1. The summed E-state index contributed by atoms with van der Waals surface area (Å²) in [5.74, 6) is -0.121. The second-order valence-electron chi connectivity index (χ2n) is 3.47. The maximum atomic E-state index is 11.0. The fourth-order valence-electron chi connectivity index (χ4n) is 1.43. The number of imidazole rings is 1. The minimum Gasteiger partial charge on any atom is -0.337 e. The molecule has 0 aliphatic rings. The largest absolute Gasteiger partial charge is 0.337 e. The molecule has 2 aromatic rings. The van der Waals surface area contributed by atoms with Crippen molar-refractivity contribution in [1.29, 1.82) is 5.26 Å².